The number of anilines is 1. The van der Waals surface area contributed by atoms with Crippen LogP contribution in [0, 0.1) is 0 Å². The lowest BCUT2D eigenvalue weighted by Crippen LogP contribution is -1.98. The van der Waals surface area contributed by atoms with Crippen LogP contribution in [-0.2, 0) is 6.42 Å². The van der Waals surface area contributed by atoms with Gasteiger partial charge < -0.3 is 15.2 Å². The predicted molar refractivity (Wildman–Crippen MR) is 70.9 cm³/mol. The molecule has 0 atom stereocenters. The number of hydrogen-bond acceptors (Lipinski definition) is 4. The van der Waals surface area contributed by atoms with Gasteiger partial charge in [0.1, 0.15) is 5.82 Å². The molecule has 0 radical (unpaired) electrons. The number of nitrogen functional groups attached to an aromatic ring is 1. The van der Waals surface area contributed by atoms with Crippen molar-refractivity contribution < 1.29 is 9.47 Å². The smallest absolute Gasteiger partial charge is 0.231 e. The molecule has 0 fully saturated rings. The SMILES string of the molecule is CCCCc1cc2cc3c(cc2nc1N)OCO3. The third kappa shape index (κ3) is 1.83. The maximum absolute atomic E-state index is 5.99. The van der Waals surface area contributed by atoms with E-state index in [1.807, 2.05) is 12.1 Å². The number of hydrogen-bond donors (Lipinski definition) is 1. The second-order valence-electron chi connectivity index (χ2n) is 4.53. The zero-order valence-electron chi connectivity index (χ0n) is 10.4. The highest BCUT2D eigenvalue weighted by atomic mass is 16.7. The molecule has 0 amide bonds. The Hall–Kier alpha value is -1.97. The summed E-state index contributed by atoms with van der Waals surface area (Å²) < 4.78 is 10.7. The van der Waals surface area contributed by atoms with Crippen molar-refractivity contribution in [1.82, 2.24) is 4.98 Å². The third-order valence-corrected chi connectivity index (χ3v) is 3.22. The first-order valence-electron chi connectivity index (χ1n) is 6.26. The summed E-state index contributed by atoms with van der Waals surface area (Å²) in [6.07, 6.45) is 3.25. The number of nitrogens with zero attached hydrogens (tertiary/aromatic N) is 1. The van der Waals surface area contributed by atoms with Gasteiger partial charge in [0.2, 0.25) is 6.79 Å². The highest BCUT2D eigenvalue weighted by Gasteiger charge is 2.15. The molecular weight excluding hydrogens is 228 g/mol. The Kier molecular flexibility index (Phi) is 2.70. The minimum atomic E-state index is 0.282. The van der Waals surface area contributed by atoms with Crippen LogP contribution in [0.5, 0.6) is 11.5 Å². The number of benzene rings is 1. The van der Waals surface area contributed by atoms with Gasteiger partial charge in [-0.3, -0.25) is 0 Å². The van der Waals surface area contributed by atoms with Gasteiger partial charge in [-0.25, -0.2) is 4.98 Å². The van der Waals surface area contributed by atoms with Crippen LogP contribution in [-0.4, -0.2) is 11.8 Å². The molecule has 4 heteroatoms. The van der Waals surface area contributed by atoms with Gasteiger partial charge in [-0.1, -0.05) is 13.3 Å². The molecular formula is C14H16N2O2. The molecule has 0 spiro atoms. The van der Waals surface area contributed by atoms with Gasteiger partial charge in [-0.15, -0.1) is 0 Å². The molecule has 18 heavy (non-hydrogen) atoms. The van der Waals surface area contributed by atoms with Crippen molar-refractivity contribution in [2.24, 2.45) is 0 Å². The van der Waals surface area contributed by atoms with Gasteiger partial charge in [0, 0.05) is 11.5 Å². The zero-order chi connectivity index (χ0) is 12.5. The largest absolute Gasteiger partial charge is 0.454 e. The molecule has 0 saturated carbocycles. The lowest BCUT2D eigenvalue weighted by atomic mass is 10.1. The molecule has 1 aromatic heterocycles. The van der Waals surface area contributed by atoms with E-state index in [1.165, 1.54) is 0 Å². The van der Waals surface area contributed by atoms with Crippen molar-refractivity contribution in [1.29, 1.82) is 0 Å². The molecule has 94 valence electrons. The van der Waals surface area contributed by atoms with E-state index < -0.39 is 0 Å². The molecule has 1 aliphatic heterocycles. The van der Waals surface area contributed by atoms with Gasteiger partial charge in [-0.05, 0) is 30.5 Å². The van der Waals surface area contributed by atoms with Crippen molar-refractivity contribution in [3.05, 3.63) is 23.8 Å². The van der Waals surface area contributed by atoms with Gasteiger partial charge in [0.25, 0.3) is 0 Å². The minimum Gasteiger partial charge on any atom is -0.454 e. The van der Waals surface area contributed by atoms with Crippen molar-refractivity contribution in [2.45, 2.75) is 26.2 Å². The molecule has 1 aromatic carbocycles. The van der Waals surface area contributed by atoms with Crippen molar-refractivity contribution >= 4 is 16.7 Å². The molecule has 2 aromatic rings. The van der Waals surface area contributed by atoms with Crippen molar-refractivity contribution in [3.8, 4) is 11.5 Å². The third-order valence-electron chi connectivity index (χ3n) is 3.22. The molecule has 0 saturated heterocycles. The van der Waals surface area contributed by atoms with E-state index >= 15 is 0 Å². The van der Waals surface area contributed by atoms with Crippen molar-refractivity contribution in [2.75, 3.05) is 12.5 Å². The maximum Gasteiger partial charge on any atom is 0.231 e. The molecule has 0 bridgehead atoms. The summed E-state index contributed by atoms with van der Waals surface area (Å²) in [7, 11) is 0. The number of nitrogens with two attached hydrogens (primary N) is 1. The minimum absolute atomic E-state index is 0.282. The van der Waals surface area contributed by atoms with E-state index in [4.69, 9.17) is 15.2 Å². The van der Waals surface area contributed by atoms with E-state index in [-0.39, 0.29) is 6.79 Å². The monoisotopic (exact) mass is 244 g/mol. The molecule has 1 aliphatic rings. The van der Waals surface area contributed by atoms with E-state index in [9.17, 15) is 0 Å². The average Bonchev–Trinajstić information content (AvgIpc) is 2.80. The van der Waals surface area contributed by atoms with Crippen LogP contribution in [0.4, 0.5) is 5.82 Å². The quantitative estimate of drug-likeness (QED) is 0.902. The van der Waals surface area contributed by atoms with Crippen LogP contribution in [0.15, 0.2) is 18.2 Å². The fourth-order valence-corrected chi connectivity index (χ4v) is 2.19. The number of rotatable bonds is 3. The Morgan fingerprint density at radius 1 is 1.22 bits per heavy atom. The fraction of sp³-hybridized carbons (Fsp3) is 0.357. The summed E-state index contributed by atoms with van der Waals surface area (Å²) in [5, 5.41) is 1.06. The Morgan fingerprint density at radius 3 is 2.78 bits per heavy atom. The van der Waals surface area contributed by atoms with Gasteiger partial charge in [-0.2, -0.15) is 0 Å². The van der Waals surface area contributed by atoms with Crippen LogP contribution in [0.3, 0.4) is 0 Å². The Morgan fingerprint density at radius 2 is 2.00 bits per heavy atom. The summed E-state index contributed by atoms with van der Waals surface area (Å²) in [6, 6.07) is 5.96. The molecule has 2 N–H and O–H groups in total. The standard InChI is InChI=1S/C14H16N2O2/c1-2-3-4-9-5-10-6-12-13(18-8-17-12)7-11(10)16-14(9)15/h5-7H,2-4,8H2,1H3,(H2,15,16). The number of ether oxygens (including phenoxy) is 2. The normalized spacial score (nSPS) is 13.2. The second kappa shape index (κ2) is 4.37. The molecule has 4 nitrogen and oxygen atoms in total. The molecule has 0 unspecified atom stereocenters. The lowest BCUT2D eigenvalue weighted by molar-refractivity contribution is 0.174. The average molecular weight is 244 g/mol. The first-order chi connectivity index (χ1) is 8.78. The summed E-state index contributed by atoms with van der Waals surface area (Å²) in [5.41, 5.74) is 7.96. The Labute approximate surface area is 106 Å². The van der Waals surface area contributed by atoms with Crippen LogP contribution in [0.2, 0.25) is 0 Å². The topological polar surface area (TPSA) is 57.4 Å². The molecule has 2 heterocycles. The van der Waals surface area contributed by atoms with E-state index in [1.54, 1.807) is 0 Å². The summed E-state index contributed by atoms with van der Waals surface area (Å²) >= 11 is 0. The number of aryl methyl sites for hydroxylation is 1. The van der Waals surface area contributed by atoms with Crippen LogP contribution >= 0.6 is 0 Å². The lowest BCUT2D eigenvalue weighted by Gasteiger charge is -2.07. The highest BCUT2D eigenvalue weighted by Crippen LogP contribution is 2.36. The van der Waals surface area contributed by atoms with Gasteiger partial charge >= 0.3 is 0 Å². The summed E-state index contributed by atoms with van der Waals surface area (Å²) in [5.74, 6) is 2.15. The number of pyridine rings is 1. The number of fused-ring (bicyclic) bond motifs is 2. The van der Waals surface area contributed by atoms with E-state index in [2.05, 4.69) is 18.0 Å². The molecule has 3 rings (SSSR count). The van der Waals surface area contributed by atoms with Crippen LogP contribution < -0.4 is 15.2 Å². The fourth-order valence-electron chi connectivity index (χ4n) is 2.19. The van der Waals surface area contributed by atoms with Gasteiger partial charge in [0.05, 0.1) is 5.52 Å². The summed E-state index contributed by atoms with van der Waals surface area (Å²) in [4.78, 5) is 4.45. The molecule has 0 aliphatic carbocycles. The van der Waals surface area contributed by atoms with Crippen LogP contribution in [0.25, 0.3) is 10.9 Å². The highest BCUT2D eigenvalue weighted by molar-refractivity contribution is 5.85. The predicted octanol–water partition coefficient (Wildman–Crippen LogP) is 2.89. The van der Waals surface area contributed by atoms with Crippen molar-refractivity contribution in [3.63, 3.8) is 0 Å². The maximum atomic E-state index is 5.99. The summed E-state index contributed by atoms with van der Waals surface area (Å²) in [6.45, 7) is 2.45. The first-order valence-corrected chi connectivity index (χ1v) is 6.26. The number of aromatic nitrogens is 1. The Balaban J connectivity index is 2.08. The Bertz CT molecular complexity index is 596. The van der Waals surface area contributed by atoms with E-state index in [0.29, 0.717) is 5.82 Å². The zero-order valence-corrected chi connectivity index (χ0v) is 10.4. The van der Waals surface area contributed by atoms with E-state index in [0.717, 1.165) is 47.2 Å². The first kappa shape index (κ1) is 11.1. The number of unbranched alkanes of at least 4 members (excludes halogenated alkanes) is 1. The van der Waals surface area contributed by atoms with Crippen LogP contribution in [0.1, 0.15) is 25.3 Å². The van der Waals surface area contributed by atoms with Gasteiger partial charge in [0.15, 0.2) is 11.5 Å². The second-order valence-corrected chi connectivity index (χ2v) is 4.53.